The summed E-state index contributed by atoms with van der Waals surface area (Å²) in [7, 11) is -2.17. The average molecular weight is 527 g/mol. The second-order valence-corrected chi connectivity index (χ2v) is 17.9. The predicted octanol–water partition coefficient (Wildman–Crippen LogP) is 6.81. The summed E-state index contributed by atoms with van der Waals surface area (Å²) < 4.78 is 18.6. The van der Waals surface area contributed by atoms with E-state index in [9.17, 15) is 14.7 Å². The SMILES string of the molecule is CC[C@H](O)CCC[C@H](OC(C)=O)[C@@H](C)[C@H](O[Si](C)(C)C(C)(C)C)[C@@H]1CC=C[C@@H]1CC(=O)OC(C)(C)C. The summed E-state index contributed by atoms with van der Waals surface area (Å²) in [5.41, 5.74) is -0.525. The van der Waals surface area contributed by atoms with Crippen molar-refractivity contribution in [2.24, 2.45) is 17.8 Å². The van der Waals surface area contributed by atoms with E-state index in [4.69, 9.17) is 13.9 Å². The smallest absolute Gasteiger partial charge is 0.306 e. The molecule has 0 saturated carbocycles. The van der Waals surface area contributed by atoms with E-state index in [1.54, 1.807) is 0 Å². The fourth-order valence-corrected chi connectivity index (χ4v) is 6.04. The summed E-state index contributed by atoms with van der Waals surface area (Å²) in [6.45, 7) is 22.4. The van der Waals surface area contributed by atoms with Gasteiger partial charge in [-0.1, -0.05) is 46.8 Å². The van der Waals surface area contributed by atoms with Crippen LogP contribution in [-0.4, -0.2) is 49.3 Å². The molecule has 6 atom stereocenters. The molecule has 36 heavy (non-hydrogen) atoms. The van der Waals surface area contributed by atoms with Gasteiger partial charge in [0.05, 0.1) is 18.6 Å². The highest BCUT2D eigenvalue weighted by molar-refractivity contribution is 6.74. The van der Waals surface area contributed by atoms with Crippen LogP contribution in [0.2, 0.25) is 18.1 Å². The van der Waals surface area contributed by atoms with Gasteiger partial charge in [0.2, 0.25) is 0 Å². The van der Waals surface area contributed by atoms with E-state index in [2.05, 4.69) is 52.9 Å². The first-order valence-electron chi connectivity index (χ1n) is 13.8. The van der Waals surface area contributed by atoms with Crippen molar-refractivity contribution in [2.75, 3.05) is 0 Å². The number of ether oxygens (including phenoxy) is 2. The van der Waals surface area contributed by atoms with E-state index < -0.39 is 13.9 Å². The Hall–Kier alpha value is -1.18. The van der Waals surface area contributed by atoms with Crippen LogP contribution in [0.4, 0.5) is 0 Å². The van der Waals surface area contributed by atoms with Crippen molar-refractivity contribution < 1.29 is 28.6 Å². The van der Waals surface area contributed by atoms with Crippen LogP contribution in [0.3, 0.4) is 0 Å². The van der Waals surface area contributed by atoms with Crippen molar-refractivity contribution in [3.63, 3.8) is 0 Å². The molecule has 7 heteroatoms. The van der Waals surface area contributed by atoms with Crippen LogP contribution < -0.4 is 0 Å². The van der Waals surface area contributed by atoms with Crippen LogP contribution in [0.15, 0.2) is 12.2 Å². The molecule has 210 valence electrons. The number of aliphatic hydroxyl groups is 1. The minimum atomic E-state index is -2.17. The van der Waals surface area contributed by atoms with E-state index in [-0.39, 0.29) is 53.0 Å². The summed E-state index contributed by atoms with van der Waals surface area (Å²) in [6, 6.07) is 0. The quantitative estimate of drug-likeness (QED) is 0.161. The van der Waals surface area contributed by atoms with Gasteiger partial charge in [-0.25, -0.2) is 0 Å². The number of esters is 2. The van der Waals surface area contributed by atoms with Gasteiger partial charge in [-0.05, 0) is 82.8 Å². The molecule has 0 saturated heterocycles. The van der Waals surface area contributed by atoms with Crippen molar-refractivity contribution in [2.45, 2.75) is 143 Å². The second-order valence-electron chi connectivity index (χ2n) is 13.1. The van der Waals surface area contributed by atoms with Crippen molar-refractivity contribution in [1.29, 1.82) is 0 Å². The topological polar surface area (TPSA) is 82.1 Å². The third-order valence-electron chi connectivity index (χ3n) is 7.74. The molecule has 6 nitrogen and oxygen atoms in total. The summed E-state index contributed by atoms with van der Waals surface area (Å²) in [5.74, 6) is -0.456. The molecule has 1 N–H and O–H groups in total. The van der Waals surface area contributed by atoms with Crippen molar-refractivity contribution in [3.8, 4) is 0 Å². The Labute approximate surface area is 221 Å². The van der Waals surface area contributed by atoms with Crippen LogP contribution in [0.1, 0.15) is 101 Å². The molecule has 1 aliphatic carbocycles. The molecule has 0 aromatic rings. The molecule has 0 amide bonds. The van der Waals surface area contributed by atoms with Gasteiger partial charge < -0.3 is 19.0 Å². The molecule has 0 bridgehead atoms. The zero-order chi connectivity index (χ0) is 27.9. The Bertz CT molecular complexity index is 733. The van der Waals surface area contributed by atoms with E-state index >= 15 is 0 Å². The molecule has 0 unspecified atom stereocenters. The van der Waals surface area contributed by atoms with Crippen LogP contribution >= 0.6 is 0 Å². The molecule has 0 aliphatic heterocycles. The van der Waals surface area contributed by atoms with Crippen LogP contribution in [0, 0.1) is 17.8 Å². The van der Waals surface area contributed by atoms with Gasteiger partial charge >= 0.3 is 11.9 Å². The minimum Gasteiger partial charge on any atom is -0.462 e. The number of rotatable bonds is 13. The summed E-state index contributed by atoms with van der Waals surface area (Å²) in [5, 5.41) is 10.0. The van der Waals surface area contributed by atoms with Gasteiger partial charge in [-0.2, -0.15) is 0 Å². The Morgan fingerprint density at radius 3 is 2.22 bits per heavy atom. The zero-order valence-corrected chi connectivity index (χ0v) is 25.8. The molecular weight excluding hydrogens is 472 g/mol. The van der Waals surface area contributed by atoms with Gasteiger partial charge in [0.15, 0.2) is 8.32 Å². The molecule has 0 fully saturated rings. The lowest BCUT2D eigenvalue weighted by atomic mass is 9.79. The molecule has 0 spiro atoms. The lowest BCUT2D eigenvalue weighted by Gasteiger charge is -2.45. The zero-order valence-electron chi connectivity index (χ0n) is 24.8. The molecule has 0 aromatic carbocycles. The summed E-state index contributed by atoms with van der Waals surface area (Å²) >= 11 is 0. The first-order valence-corrected chi connectivity index (χ1v) is 16.7. The number of hydrogen-bond acceptors (Lipinski definition) is 6. The van der Waals surface area contributed by atoms with Crippen LogP contribution in [0.25, 0.3) is 0 Å². The van der Waals surface area contributed by atoms with Crippen molar-refractivity contribution in [1.82, 2.24) is 0 Å². The molecule has 1 rings (SSSR count). The first kappa shape index (κ1) is 32.8. The first-order chi connectivity index (χ1) is 16.4. The molecule has 0 aromatic heterocycles. The monoisotopic (exact) mass is 526 g/mol. The van der Waals surface area contributed by atoms with Gasteiger partial charge in [-0.15, -0.1) is 0 Å². The van der Waals surface area contributed by atoms with E-state index in [0.29, 0.717) is 25.7 Å². The maximum Gasteiger partial charge on any atom is 0.306 e. The van der Waals surface area contributed by atoms with Gasteiger partial charge in [0.25, 0.3) is 0 Å². The standard InChI is InChI=1S/C29H54O6Si/c1-12-23(31)16-14-18-25(33-21(3)30)20(2)27(35-36(10,11)29(7,8)9)24-17-13-15-22(24)19-26(32)34-28(4,5)6/h13,15,20,22-25,27,31H,12,14,16-19H2,1-11H3/t20-,22-,23+,24-,25+,27+/m1/s1. The predicted molar refractivity (Wildman–Crippen MR) is 148 cm³/mol. The Balaban J connectivity index is 3.25. The molecular formula is C29H54O6Si. The highest BCUT2D eigenvalue weighted by Gasteiger charge is 2.46. The Morgan fingerprint density at radius 1 is 1.11 bits per heavy atom. The maximum atomic E-state index is 12.7. The molecule has 0 heterocycles. The third-order valence-corrected chi connectivity index (χ3v) is 12.2. The van der Waals surface area contributed by atoms with Crippen molar-refractivity contribution in [3.05, 3.63) is 12.2 Å². The summed E-state index contributed by atoms with van der Waals surface area (Å²) in [4.78, 5) is 24.8. The van der Waals surface area contributed by atoms with Crippen LogP contribution in [-0.2, 0) is 23.5 Å². The third kappa shape index (κ3) is 10.7. The Morgan fingerprint density at radius 2 is 1.72 bits per heavy atom. The fourth-order valence-electron chi connectivity index (χ4n) is 4.62. The number of aliphatic hydroxyl groups excluding tert-OH is 1. The number of allylic oxidation sites excluding steroid dienone is 2. The molecule has 0 radical (unpaired) electrons. The lowest BCUT2D eigenvalue weighted by molar-refractivity contribution is -0.156. The number of hydrogen-bond donors (Lipinski definition) is 1. The average Bonchev–Trinajstić information content (AvgIpc) is 3.15. The maximum absolute atomic E-state index is 12.7. The minimum absolute atomic E-state index is 0.0111. The highest BCUT2D eigenvalue weighted by Crippen LogP contribution is 2.44. The normalized spacial score (nSPS) is 22.1. The fraction of sp³-hybridized carbons (Fsp3) is 0.862. The van der Waals surface area contributed by atoms with E-state index in [1.807, 2.05) is 27.7 Å². The van der Waals surface area contributed by atoms with Crippen molar-refractivity contribution >= 4 is 20.3 Å². The van der Waals surface area contributed by atoms with Gasteiger partial charge in [-0.3, -0.25) is 9.59 Å². The lowest BCUT2D eigenvalue weighted by Crippen LogP contribution is -2.50. The largest absolute Gasteiger partial charge is 0.462 e. The second kappa shape index (κ2) is 13.6. The highest BCUT2D eigenvalue weighted by atomic mass is 28.4. The number of carbonyl (C=O) groups excluding carboxylic acids is 2. The Kier molecular flexibility index (Phi) is 12.4. The summed E-state index contributed by atoms with van der Waals surface area (Å²) in [6.07, 6.45) is 7.41. The van der Waals surface area contributed by atoms with E-state index in [1.165, 1.54) is 6.92 Å². The van der Waals surface area contributed by atoms with Crippen LogP contribution in [0.5, 0.6) is 0 Å². The number of carbonyl (C=O) groups is 2. The van der Waals surface area contributed by atoms with Gasteiger partial charge in [0, 0.05) is 12.8 Å². The van der Waals surface area contributed by atoms with E-state index in [0.717, 1.165) is 12.8 Å². The van der Waals surface area contributed by atoms with Gasteiger partial charge in [0.1, 0.15) is 11.7 Å². The molecule has 1 aliphatic rings.